The largest absolute Gasteiger partial charge is 0.505 e. The number of aliphatic hydroxyl groups is 1. The molecule has 2 N–H and O–H groups in total. The molecule has 0 aromatic carbocycles. The van der Waals surface area contributed by atoms with Gasteiger partial charge in [0.2, 0.25) is 0 Å². The molecule has 2 rings (SSSR count). The van der Waals surface area contributed by atoms with Crippen LogP contribution in [-0.2, 0) is 9.53 Å². The topological polar surface area (TPSA) is 100.0 Å². The SMILES string of the molecule is COC(=O)C1CC(O)CN1C(=O)c1ncccc1O. The van der Waals surface area contributed by atoms with Gasteiger partial charge in [-0.15, -0.1) is 0 Å². The Balaban J connectivity index is 2.27. The second kappa shape index (κ2) is 5.23. The molecule has 0 saturated carbocycles. The Kier molecular flexibility index (Phi) is 3.66. The number of rotatable bonds is 2. The number of carbonyl (C=O) groups excluding carboxylic acids is 2. The van der Waals surface area contributed by atoms with Crippen LogP contribution in [0.25, 0.3) is 0 Å². The van der Waals surface area contributed by atoms with Crippen LogP contribution in [0.5, 0.6) is 5.75 Å². The zero-order valence-electron chi connectivity index (χ0n) is 10.3. The van der Waals surface area contributed by atoms with Crippen LogP contribution in [0.2, 0.25) is 0 Å². The number of carbonyl (C=O) groups is 2. The monoisotopic (exact) mass is 266 g/mol. The number of hydrogen-bond donors (Lipinski definition) is 2. The highest BCUT2D eigenvalue weighted by molar-refractivity contribution is 5.97. The van der Waals surface area contributed by atoms with Gasteiger partial charge in [0.05, 0.1) is 13.2 Å². The van der Waals surface area contributed by atoms with E-state index in [1.807, 2.05) is 0 Å². The molecule has 102 valence electrons. The molecular formula is C12H14N2O5. The summed E-state index contributed by atoms with van der Waals surface area (Å²) in [6.45, 7) is 0.00855. The van der Waals surface area contributed by atoms with E-state index in [1.54, 1.807) is 0 Å². The van der Waals surface area contributed by atoms with Crippen molar-refractivity contribution in [3.05, 3.63) is 24.0 Å². The van der Waals surface area contributed by atoms with Crippen molar-refractivity contribution in [1.82, 2.24) is 9.88 Å². The van der Waals surface area contributed by atoms with Crippen molar-refractivity contribution < 1.29 is 24.5 Å². The first-order valence-electron chi connectivity index (χ1n) is 5.75. The van der Waals surface area contributed by atoms with Crippen molar-refractivity contribution in [2.24, 2.45) is 0 Å². The van der Waals surface area contributed by atoms with Crippen LogP contribution in [-0.4, -0.2) is 57.8 Å². The molecule has 2 atom stereocenters. The molecule has 0 aliphatic carbocycles. The third-order valence-electron chi connectivity index (χ3n) is 3.00. The lowest BCUT2D eigenvalue weighted by Crippen LogP contribution is -2.41. The molecule has 2 heterocycles. The minimum Gasteiger partial charge on any atom is -0.505 e. The smallest absolute Gasteiger partial charge is 0.328 e. The van der Waals surface area contributed by atoms with Crippen LogP contribution < -0.4 is 0 Å². The average molecular weight is 266 g/mol. The van der Waals surface area contributed by atoms with E-state index in [2.05, 4.69) is 9.72 Å². The van der Waals surface area contributed by atoms with Crippen molar-refractivity contribution in [1.29, 1.82) is 0 Å². The van der Waals surface area contributed by atoms with Gasteiger partial charge in [0.25, 0.3) is 5.91 Å². The molecule has 7 heteroatoms. The lowest BCUT2D eigenvalue weighted by molar-refractivity contribution is -0.145. The maximum absolute atomic E-state index is 12.2. The van der Waals surface area contributed by atoms with E-state index < -0.39 is 24.0 Å². The Morgan fingerprint density at radius 1 is 1.53 bits per heavy atom. The van der Waals surface area contributed by atoms with Crippen LogP contribution in [0.15, 0.2) is 18.3 Å². The maximum Gasteiger partial charge on any atom is 0.328 e. The molecule has 1 amide bonds. The van der Waals surface area contributed by atoms with E-state index >= 15 is 0 Å². The molecule has 1 saturated heterocycles. The van der Waals surface area contributed by atoms with Gasteiger partial charge >= 0.3 is 5.97 Å². The first-order valence-corrected chi connectivity index (χ1v) is 5.75. The third-order valence-corrected chi connectivity index (χ3v) is 3.00. The second-order valence-corrected chi connectivity index (χ2v) is 4.26. The van der Waals surface area contributed by atoms with Gasteiger partial charge in [-0.05, 0) is 12.1 Å². The van der Waals surface area contributed by atoms with Crippen molar-refractivity contribution in [3.63, 3.8) is 0 Å². The summed E-state index contributed by atoms with van der Waals surface area (Å²) in [5.74, 6) is -1.47. The number of ether oxygens (including phenoxy) is 1. The number of aromatic hydroxyl groups is 1. The summed E-state index contributed by atoms with van der Waals surface area (Å²) in [7, 11) is 1.22. The summed E-state index contributed by atoms with van der Waals surface area (Å²) < 4.78 is 4.60. The average Bonchev–Trinajstić information content (AvgIpc) is 2.79. The van der Waals surface area contributed by atoms with E-state index in [9.17, 15) is 19.8 Å². The van der Waals surface area contributed by atoms with E-state index in [0.717, 1.165) is 0 Å². The fourth-order valence-electron chi connectivity index (χ4n) is 2.10. The molecule has 0 bridgehead atoms. The van der Waals surface area contributed by atoms with E-state index in [-0.39, 0.29) is 24.4 Å². The van der Waals surface area contributed by atoms with Crippen molar-refractivity contribution in [2.45, 2.75) is 18.6 Å². The summed E-state index contributed by atoms with van der Waals surface area (Å²) in [6.07, 6.45) is 0.692. The number of aromatic nitrogens is 1. The van der Waals surface area contributed by atoms with E-state index in [1.165, 1.54) is 30.3 Å². The molecule has 1 aliphatic rings. The number of aliphatic hydroxyl groups excluding tert-OH is 1. The molecule has 1 aromatic heterocycles. The minimum absolute atomic E-state index is 0.00855. The minimum atomic E-state index is -0.853. The summed E-state index contributed by atoms with van der Waals surface area (Å²) in [5, 5.41) is 19.2. The summed E-state index contributed by atoms with van der Waals surface area (Å²) in [6, 6.07) is 1.97. The van der Waals surface area contributed by atoms with Crippen molar-refractivity contribution in [2.75, 3.05) is 13.7 Å². The third kappa shape index (κ3) is 2.50. The van der Waals surface area contributed by atoms with E-state index in [4.69, 9.17) is 0 Å². The molecule has 0 radical (unpaired) electrons. The second-order valence-electron chi connectivity index (χ2n) is 4.26. The molecule has 1 fully saturated rings. The Labute approximate surface area is 109 Å². The number of nitrogens with zero attached hydrogens (tertiary/aromatic N) is 2. The summed E-state index contributed by atoms with van der Waals surface area (Å²) >= 11 is 0. The molecule has 2 unspecified atom stereocenters. The number of amides is 1. The lowest BCUT2D eigenvalue weighted by atomic mass is 10.2. The molecular weight excluding hydrogens is 252 g/mol. The van der Waals surface area contributed by atoms with Gasteiger partial charge in [-0.25, -0.2) is 9.78 Å². The van der Waals surface area contributed by atoms with Gasteiger partial charge in [0.1, 0.15) is 11.8 Å². The molecule has 1 aliphatic heterocycles. The van der Waals surface area contributed by atoms with Gasteiger partial charge in [0, 0.05) is 19.2 Å². The number of esters is 1. The lowest BCUT2D eigenvalue weighted by Gasteiger charge is -2.22. The molecule has 1 aromatic rings. The predicted octanol–water partition coefficient (Wildman–Crippen LogP) is -0.464. The number of β-amino-alcohol motifs (C(OH)–C–C–N with tert-alkyl or cyclic N) is 1. The number of likely N-dealkylation sites (tertiary alicyclic amines) is 1. The van der Waals surface area contributed by atoms with Crippen LogP contribution in [0.1, 0.15) is 16.9 Å². The summed E-state index contributed by atoms with van der Waals surface area (Å²) in [4.78, 5) is 28.8. The highest BCUT2D eigenvalue weighted by Crippen LogP contribution is 2.24. The molecule has 0 spiro atoms. The number of pyridine rings is 1. The van der Waals surface area contributed by atoms with Crippen molar-refractivity contribution >= 4 is 11.9 Å². The van der Waals surface area contributed by atoms with Crippen molar-refractivity contribution in [3.8, 4) is 5.75 Å². The molecule has 7 nitrogen and oxygen atoms in total. The van der Waals surface area contributed by atoms with Gasteiger partial charge in [-0.1, -0.05) is 0 Å². The Morgan fingerprint density at radius 2 is 2.26 bits per heavy atom. The maximum atomic E-state index is 12.2. The van der Waals surface area contributed by atoms with Gasteiger partial charge in [-0.3, -0.25) is 4.79 Å². The number of methoxy groups -OCH3 is 1. The normalized spacial score (nSPS) is 22.3. The van der Waals surface area contributed by atoms with Crippen LogP contribution in [0.3, 0.4) is 0 Å². The van der Waals surface area contributed by atoms with E-state index in [0.29, 0.717) is 0 Å². The van der Waals surface area contributed by atoms with Gasteiger partial charge < -0.3 is 19.8 Å². The fourth-order valence-corrected chi connectivity index (χ4v) is 2.10. The first-order chi connectivity index (χ1) is 9.04. The Bertz CT molecular complexity index is 505. The molecule has 19 heavy (non-hydrogen) atoms. The highest BCUT2D eigenvalue weighted by atomic mass is 16.5. The van der Waals surface area contributed by atoms with Crippen LogP contribution >= 0.6 is 0 Å². The Morgan fingerprint density at radius 3 is 2.89 bits per heavy atom. The predicted molar refractivity (Wildman–Crippen MR) is 63.4 cm³/mol. The number of hydrogen-bond acceptors (Lipinski definition) is 6. The quantitative estimate of drug-likeness (QED) is 0.702. The van der Waals surface area contributed by atoms with Crippen LogP contribution in [0.4, 0.5) is 0 Å². The first kappa shape index (κ1) is 13.3. The fraction of sp³-hybridized carbons (Fsp3) is 0.417. The highest BCUT2D eigenvalue weighted by Gasteiger charge is 2.40. The standard InChI is InChI=1S/C12H14N2O5/c1-19-12(18)8-5-7(15)6-14(8)11(17)10-9(16)3-2-4-13-10/h2-4,7-8,15-16H,5-6H2,1H3. The Hall–Kier alpha value is -2.15. The zero-order valence-corrected chi connectivity index (χ0v) is 10.3. The zero-order chi connectivity index (χ0) is 14.0. The van der Waals surface area contributed by atoms with Crippen LogP contribution in [0, 0.1) is 0 Å². The van der Waals surface area contributed by atoms with Gasteiger partial charge in [-0.2, -0.15) is 0 Å². The van der Waals surface area contributed by atoms with Gasteiger partial charge in [0.15, 0.2) is 5.69 Å². The summed E-state index contributed by atoms with van der Waals surface area (Å²) in [5.41, 5.74) is -0.148.